The molecule has 5 rings (SSSR count). The number of carbonyl (C=O) groups excluding carboxylic acids is 1. The molecule has 1 amide bonds. The minimum Gasteiger partial charge on any atom is -0.454 e. The second-order valence-electron chi connectivity index (χ2n) is 8.57. The highest BCUT2D eigenvalue weighted by Crippen LogP contribution is 2.32. The first-order chi connectivity index (χ1) is 16.5. The summed E-state index contributed by atoms with van der Waals surface area (Å²) in [5.41, 5.74) is 2.26. The van der Waals surface area contributed by atoms with Gasteiger partial charge in [0.15, 0.2) is 11.5 Å². The Morgan fingerprint density at radius 3 is 2.85 bits per heavy atom. The number of hydrogen-bond acceptors (Lipinski definition) is 6. The van der Waals surface area contributed by atoms with Gasteiger partial charge in [0, 0.05) is 30.7 Å². The second kappa shape index (κ2) is 9.38. The molecule has 2 aliphatic rings. The summed E-state index contributed by atoms with van der Waals surface area (Å²) in [7, 11) is 0. The number of carbonyl (C=O) groups is 1. The molecular formula is C25H25ClN4O4. The monoisotopic (exact) mass is 480 g/mol. The Kier molecular flexibility index (Phi) is 6.15. The molecule has 1 unspecified atom stereocenters. The first-order valence-corrected chi connectivity index (χ1v) is 11.6. The Morgan fingerprint density at radius 1 is 1.15 bits per heavy atom. The zero-order valence-electron chi connectivity index (χ0n) is 18.8. The SMILES string of the molecule is Cc1ccc(-n2nc(N3CCCC(C(=O)NCc4ccc5c(c4)OCO5)C3)ccc2=O)cc1Cl. The summed E-state index contributed by atoms with van der Waals surface area (Å²) in [6, 6.07) is 14.3. The zero-order chi connectivity index (χ0) is 23.7. The van der Waals surface area contributed by atoms with E-state index in [4.69, 9.17) is 21.1 Å². The lowest BCUT2D eigenvalue weighted by Gasteiger charge is -2.33. The lowest BCUT2D eigenvalue weighted by molar-refractivity contribution is -0.125. The molecule has 0 radical (unpaired) electrons. The van der Waals surface area contributed by atoms with E-state index in [0.29, 0.717) is 35.4 Å². The van der Waals surface area contributed by atoms with Gasteiger partial charge in [-0.1, -0.05) is 23.7 Å². The molecule has 1 N–H and O–H groups in total. The number of aromatic nitrogens is 2. The number of aryl methyl sites for hydroxylation is 1. The summed E-state index contributed by atoms with van der Waals surface area (Å²) >= 11 is 6.25. The number of piperidine rings is 1. The molecule has 0 spiro atoms. The number of benzene rings is 2. The highest BCUT2D eigenvalue weighted by atomic mass is 35.5. The average Bonchev–Trinajstić information content (AvgIpc) is 3.33. The number of amides is 1. The van der Waals surface area contributed by atoms with E-state index in [1.54, 1.807) is 12.1 Å². The molecule has 9 heteroatoms. The van der Waals surface area contributed by atoms with Crippen molar-refractivity contribution in [3.63, 3.8) is 0 Å². The molecule has 2 aliphatic heterocycles. The van der Waals surface area contributed by atoms with Gasteiger partial charge in [-0.2, -0.15) is 4.68 Å². The third-order valence-electron chi connectivity index (χ3n) is 6.21. The predicted octanol–water partition coefficient (Wildman–Crippen LogP) is 3.46. The maximum absolute atomic E-state index is 12.9. The fourth-order valence-electron chi connectivity index (χ4n) is 4.25. The van der Waals surface area contributed by atoms with Crippen LogP contribution in [0.2, 0.25) is 5.02 Å². The molecule has 1 saturated heterocycles. The number of fused-ring (bicyclic) bond motifs is 1. The molecule has 3 heterocycles. The first kappa shape index (κ1) is 22.3. The van der Waals surface area contributed by atoms with E-state index in [0.717, 1.165) is 36.3 Å². The van der Waals surface area contributed by atoms with Crippen LogP contribution in [0.1, 0.15) is 24.0 Å². The van der Waals surface area contributed by atoms with Crippen molar-refractivity contribution in [3.05, 3.63) is 75.0 Å². The van der Waals surface area contributed by atoms with Crippen LogP contribution < -0.4 is 25.2 Å². The van der Waals surface area contributed by atoms with Crippen LogP contribution in [0.5, 0.6) is 11.5 Å². The van der Waals surface area contributed by atoms with E-state index in [2.05, 4.69) is 15.3 Å². The Balaban J connectivity index is 1.27. The van der Waals surface area contributed by atoms with Crippen molar-refractivity contribution in [2.24, 2.45) is 5.92 Å². The summed E-state index contributed by atoms with van der Waals surface area (Å²) in [6.07, 6.45) is 1.66. The summed E-state index contributed by atoms with van der Waals surface area (Å²) in [5.74, 6) is 1.91. The third-order valence-corrected chi connectivity index (χ3v) is 6.61. The normalized spacial score (nSPS) is 17.0. The number of anilines is 1. The Morgan fingerprint density at radius 2 is 2.00 bits per heavy atom. The highest BCUT2D eigenvalue weighted by molar-refractivity contribution is 6.31. The fourth-order valence-corrected chi connectivity index (χ4v) is 4.43. The van der Waals surface area contributed by atoms with Crippen molar-refractivity contribution < 1.29 is 14.3 Å². The maximum Gasteiger partial charge on any atom is 0.271 e. The molecule has 3 aromatic rings. The van der Waals surface area contributed by atoms with Crippen molar-refractivity contribution in [1.82, 2.24) is 15.1 Å². The first-order valence-electron chi connectivity index (χ1n) is 11.3. The van der Waals surface area contributed by atoms with Gasteiger partial charge in [-0.05, 0) is 61.2 Å². The molecule has 1 aromatic heterocycles. The largest absolute Gasteiger partial charge is 0.454 e. The zero-order valence-corrected chi connectivity index (χ0v) is 19.5. The number of ether oxygens (including phenoxy) is 2. The van der Waals surface area contributed by atoms with Crippen LogP contribution in [0.4, 0.5) is 5.82 Å². The number of halogens is 1. The molecule has 1 fully saturated rings. The van der Waals surface area contributed by atoms with E-state index in [1.807, 2.05) is 37.3 Å². The van der Waals surface area contributed by atoms with Crippen LogP contribution in [0.15, 0.2) is 53.3 Å². The van der Waals surface area contributed by atoms with Crippen LogP contribution in [0, 0.1) is 12.8 Å². The van der Waals surface area contributed by atoms with Crippen molar-refractivity contribution in [3.8, 4) is 17.2 Å². The lowest BCUT2D eigenvalue weighted by Crippen LogP contribution is -2.43. The van der Waals surface area contributed by atoms with Crippen LogP contribution in [0.3, 0.4) is 0 Å². The number of nitrogens with zero attached hydrogens (tertiary/aromatic N) is 3. The van der Waals surface area contributed by atoms with Gasteiger partial charge in [0.25, 0.3) is 5.56 Å². The van der Waals surface area contributed by atoms with Crippen LogP contribution in [0.25, 0.3) is 5.69 Å². The summed E-state index contributed by atoms with van der Waals surface area (Å²) in [5, 5.41) is 8.19. The summed E-state index contributed by atoms with van der Waals surface area (Å²) in [6.45, 7) is 3.85. The fraction of sp³-hybridized carbons (Fsp3) is 0.320. The number of nitrogens with one attached hydrogen (secondary N) is 1. The standard InChI is InChI=1S/C25H25ClN4O4/c1-16-4-6-19(12-20(16)26)30-24(31)9-8-23(28-30)29-10-2-3-18(14-29)25(32)27-13-17-5-7-21-22(11-17)34-15-33-21/h4-9,11-12,18H,2-3,10,13-15H2,1H3,(H,27,32). The summed E-state index contributed by atoms with van der Waals surface area (Å²) < 4.78 is 12.1. The predicted molar refractivity (Wildman–Crippen MR) is 129 cm³/mol. The molecular weight excluding hydrogens is 456 g/mol. The van der Waals surface area contributed by atoms with E-state index >= 15 is 0 Å². The van der Waals surface area contributed by atoms with Gasteiger partial charge >= 0.3 is 0 Å². The van der Waals surface area contributed by atoms with E-state index in [9.17, 15) is 9.59 Å². The Bertz CT molecular complexity index is 1290. The van der Waals surface area contributed by atoms with Gasteiger partial charge in [-0.3, -0.25) is 9.59 Å². The minimum absolute atomic E-state index is 0.000930. The van der Waals surface area contributed by atoms with Crippen LogP contribution >= 0.6 is 11.6 Å². The molecule has 8 nitrogen and oxygen atoms in total. The van der Waals surface area contributed by atoms with E-state index in [-0.39, 0.29) is 24.2 Å². The van der Waals surface area contributed by atoms with Crippen molar-refractivity contribution in [2.75, 3.05) is 24.8 Å². The average molecular weight is 481 g/mol. The quantitative estimate of drug-likeness (QED) is 0.602. The van der Waals surface area contributed by atoms with Gasteiger partial charge < -0.3 is 19.7 Å². The third kappa shape index (κ3) is 4.59. The molecule has 1 atom stereocenters. The Labute approximate surface area is 202 Å². The Hall–Kier alpha value is -3.52. The van der Waals surface area contributed by atoms with Gasteiger partial charge in [0.2, 0.25) is 12.7 Å². The van der Waals surface area contributed by atoms with Crippen molar-refractivity contribution in [2.45, 2.75) is 26.3 Å². The van der Waals surface area contributed by atoms with Gasteiger partial charge in [0.05, 0.1) is 11.6 Å². The van der Waals surface area contributed by atoms with Crippen molar-refractivity contribution >= 4 is 23.3 Å². The van der Waals surface area contributed by atoms with Gasteiger partial charge in [-0.15, -0.1) is 5.10 Å². The molecule has 176 valence electrons. The summed E-state index contributed by atoms with van der Waals surface area (Å²) in [4.78, 5) is 27.4. The molecule has 0 aliphatic carbocycles. The molecule has 2 aromatic carbocycles. The van der Waals surface area contributed by atoms with Gasteiger partial charge in [0.1, 0.15) is 5.82 Å². The van der Waals surface area contributed by atoms with E-state index in [1.165, 1.54) is 10.7 Å². The van der Waals surface area contributed by atoms with Crippen molar-refractivity contribution in [1.29, 1.82) is 0 Å². The molecule has 0 bridgehead atoms. The highest BCUT2D eigenvalue weighted by Gasteiger charge is 2.27. The van der Waals surface area contributed by atoms with E-state index < -0.39 is 0 Å². The molecule has 0 saturated carbocycles. The number of hydrogen-bond donors (Lipinski definition) is 1. The smallest absolute Gasteiger partial charge is 0.271 e. The maximum atomic E-state index is 12.9. The van der Waals surface area contributed by atoms with Crippen LogP contribution in [-0.2, 0) is 11.3 Å². The number of rotatable bonds is 5. The van der Waals surface area contributed by atoms with Crippen LogP contribution in [-0.4, -0.2) is 35.6 Å². The van der Waals surface area contributed by atoms with Gasteiger partial charge in [-0.25, -0.2) is 0 Å². The molecule has 34 heavy (non-hydrogen) atoms. The minimum atomic E-state index is -0.237. The lowest BCUT2D eigenvalue weighted by atomic mass is 9.97. The second-order valence-corrected chi connectivity index (χ2v) is 8.97. The topological polar surface area (TPSA) is 85.7 Å².